The van der Waals surface area contributed by atoms with Crippen molar-refractivity contribution in [3.8, 4) is 5.75 Å². The Bertz CT molecular complexity index is 239. The third kappa shape index (κ3) is 2.76. The molecule has 0 N–H and O–H groups in total. The fraction of sp³-hybridized carbons (Fsp3) is 0.455. The van der Waals surface area contributed by atoms with Gasteiger partial charge in [-0.3, -0.25) is 0 Å². The molecule has 0 aliphatic rings. The maximum absolute atomic E-state index is 5.13. The van der Waals surface area contributed by atoms with E-state index < -0.39 is 14.3 Å². The Hall–Kier alpha value is -0.437. The van der Waals surface area contributed by atoms with Crippen molar-refractivity contribution in [3.05, 3.63) is 24.3 Å². The molecule has 0 heterocycles. The number of rotatable bonds is 4. The number of hydrogen-bond acceptors (Lipinski definition) is 1. The van der Waals surface area contributed by atoms with E-state index in [9.17, 15) is 0 Å². The fourth-order valence-electron chi connectivity index (χ4n) is 1.48. The molecule has 0 saturated carbocycles. The average Bonchev–Trinajstić information content (AvgIpc) is 2.21. The molecule has 0 spiro atoms. The summed E-state index contributed by atoms with van der Waals surface area (Å²) in [6.45, 7) is 4.62. The second kappa shape index (κ2) is 5.33. The Morgan fingerprint density at radius 3 is 2.00 bits per heavy atom. The van der Waals surface area contributed by atoms with Gasteiger partial charge in [-0.1, -0.05) is 0 Å². The summed E-state index contributed by atoms with van der Waals surface area (Å²) in [5.41, 5.74) is 0. The zero-order valence-corrected chi connectivity index (χ0v) is 10.7. The number of benzene rings is 1. The van der Waals surface area contributed by atoms with Crippen LogP contribution in [0.1, 0.15) is 13.8 Å². The van der Waals surface area contributed by atoms with E-state index in [-0.39, 0.29) is 0 Å². The summed E-state index contributed by atoms with van der Waals surface area (Å²) in [6, 6.07) is 8.63. The molecule has 1 nitrogen and oxygen atoms in total. The van der Waals surface area contributed by atoms with E-state index >= 15 is 0 Å². The van der Waals surface area contributed by atoms with E-state index in [0.29, 0.717) is 0 Å². The molecule has 2 heteroatoms. The van der Waals surface area contributed by atoms with Gasteiger partial charge in [-0.2, -0.15) is 0 Å². The van der Waals surface area contributed by atoms with Gasteiger partial charge in [0.2, 0.25) is 0 Å². The van der Waals surface area contributed by atoms with Crippen LogP contribution >= 0.6 is 0 Å². The van der Waals surface area contributed by atoms with Gasteiger partial charge in [0.15, 0.2) is 0 Å². The normalized spacial score (nSPS) is 10.5. The van der Waals surface area contributed by atoms with Crippen LogP contribution in [0, 0.1) is 0 Å². The van der Waals surface area contributed by atoms with Gasteiger partial charge in [0.25, 0.3) is 0 Å². The van der Waals surface area contributed by atoms with Crippen LogP contribution < -0.4 is 9.13 Å². The summed E-state index contributed by atoms with van der Waals surface area (Å²) in [5, 5.41) is 2.76. The molecule has 1 aromatic carbocycles. The van der Waals surface area contributed by atoms with E-state index in [0.717, 1.165) is 5.75 Å². The summed E-state index contributed by atoms with van der Waals surface area (Å²) in [6.07, 6.45) is 0. The van der Waals surface area contributed by atoms with Crippen LogP contribution in [-0.2, 0) is 0 Å². The maximum atomic E-state index is 5.13. The second-order valence-electron chi connectivity index (χ2n) is 3.04. The third-order valence-corrected chi connectivity index (χ3v) is 8.35. The predicted molar refractivity (Wildman–Crippen MR) is 59.3 cm³/mol. The molecule has 0 aliphatic carbocycles. The zero-order chi connectivity index (χ0) is 9.68. The van der Waals surface area contributed by atoms with Crippen molar-refractivity contribution in [2.24, 2.45) is 0 Å². The van der Waals surface area contributed by atoms with Crippen LogP contribution in [0.15, 0.2) is 24.3 Å². The van der Waals surface area contributed by atoms with E-state index in [1.54, 1.807) is 11.5 Å². The average molecular weight is 238 g/mol. The summed E-state index contributed by atoms with van der Waals surface area (Å²) >= 11 is -0.905. The van der Waals surface area contributed by atoms with Crippen molar-refractivity contribution in [1.82, 2.24) is 0 Å². The van der Waals surface area contributed by atoms with E-state index in [4.69, 9.17) is 4.74 Å². The van der Waals surface area contributed by atoms with Gasteiger partial charge in [-0.05, 0) is 0 Å². The van der Waals surface area contributed by atoms with Crippen molar-refractivity contribution in [3.63, 3.8) is 0 Å². The monoisotopic (exact) mass is 239 g/mol. The van der Waals surface area contributed by atoms with E-state index in [1.165, 1.54) is 10.5 Å². The van der Waals surface area contributed by atoms with Gasteiger partial charge in [0.1, 0.15) is 0 Å². The summed E-state index contributed by atoms with van der Waals surface area (Å²) in [4.78, 5) is 0. The van der Waals surface area contributed by atoms with Gasteiger partial charge in [-0.25, -0.2) is 0 Å². The van der Waals surface area contributed by atoms with E-state index in [1.807, 2.05) is 0 Å². The molecule has 13 heavy (non-hydrogen) atoms. The van der Waals surface area contributed by atoms with Gasteiger partial charge in [-0.15, -0.1) is 0 Å². The first kappa shape index (κ1) is 10.6. The van der Waals surface area contributed by atoms with Crippen molar-refractivity contribution < 1.29 is 4.74 Å². The molecule has 71 valence electrons. The third-order valence-electron chi connectivity index (χ3n) is 2.35. The van der Waals surface area contributed by atoms with Crippen molar-refractivity contribution in [2.45, 2.75) is 24.4 Å². The number of ether oxygens (including phenoxy) is 1. The minimum atomic E-state index is -0.905. The van der Waals surface area contributed by atoms with Gasteiger partial charge < -0.3 is 0 Å². The Morgan fingerprint density at radius 2 is 1.62 bits per heavy atom. The van der Waals surface area contributed by atoms with Crippen LogP contribution in [-0.4, -0.2) is 21.5 Å². The van der Waals surface area contributed by atoms with Gasteiger partial charge >= 0.3 is 85.0 Å². The van der Waals surface area contributed by atoms with E-state index in [2.05, 4.69) is 38.1 Å². The molecule has 1 radical (unpaired) electrons. The molecule has 1 rings (SSSR count). The Morgan fingerprint density at radius 1 is 1.08 bits per heavy atom. The van der Waals surface area contributed by atoms with Crippen LogP contribution in [0.4, 0.5) is 0 Å². The summed E-state index contributed by atoms with van der Waals surface area (Å²) in [7, 11) is 1.71. The molecule has 0 aliphatic heterocycles. The van der Waals surface area contributed by atoms with Crippen LogP contribution in [0.2, 0.25) is 10.5 Å². The van der Waals surface area contributed by atoms with Crippen LogP contribution in [0.3, 0.4) is 0 Å². The zero-order valence-electron chi connectivity index (χ0n) is 8.63. The standard InChI is InChI=1S/C11H17GeO/c1-4-12(5-2)10-6-8-11(13-3)9-7-10/h6-9H,4-5H2,1-3H3. The fourth-order valence-corrected chi connectivity index (χ4v) is 5.59. The predicted octanol–water partition coefficient (Wildman–Crippen LogP) is 2.44. The molecule has 0 atom stereocenters. The Balaban J connectivity index is 2.78. The van der Waals surface area contributed by atoms with Crippen molar-refractivity contribution in [1.29, 1.82) is 0 Å². The SMILES string of the molecule is C[CH2][Ge]([CH2]C)[c]1ccc(OC)cc1. The quantitative estimate of drug-likeness (QED) is 0.732. The van der Waals surface area contributed by atoms with Crippen LogP contribution in [0.5, 0.6) is 5.75 Å². The molecule has 0 aromatic heterocycles. The van der Waals surface area contributed by atoms with Crippen molar-refractivity contribution >= 4 is 18.7 Å². The summed E-state index contributed by atoms with van der Waals surface area (Å²) < 4.78 is 6.72. The first-order valence-corrected chi connectivity index (χ1v) is 8.82. The van der Waals surface area contributed by atoms with Gasteiger partial charge in [0.05, 0.1) is 0 Å². The molecular formula is C11H17GeO. The molecule has 0 amide bonds. The molecule has 0 fully saturated rings. The first-order chi connectivity index (χ1) is 6.31. The van der Waals surface area contributed by atoms with Gasteiger partial charge in [0, 0.05) is 0 Å². The Kier molecular flexibility index (Phi) is 4.36. The molecular weight excluding hydrogens is 221 g/mol. The second-order valence-corrected chi connectivity index (χ2v) is 9.75. The molecule has 0 saturated heterocycles. The number of hydrogen-bond donors (Lipinski definition) is 0. The molecule has 0 bridgehead atoms. The topological polar surface area (TPSA) is 9.23 Å². The number of methoxy groups -OCH3 is 1. The molecule has 1 aromatic rings. The minimum absolute atomic E-state index is 0.905. The summed E-state index contributed by atoms with van der Waals surface area (Å²) in [5.74, 6) is 0.966. The van der Waals surface area contributed by atoms with Crippen molar-refractivity contribution in [2.75, 3.05) is 7.11 Å². The Labute approximate surface area is 85.2 Å². The van der Waals surface area contributed by atoms with Crippen LogP contribution in [0.25, 0.3) is 0 Å². The molecule has 0 unspecified atom stereocenters. The first-order valence-electron chi connectivity index (χ1n) is 4.81.